The number of primary amides is 2. The minimum Gasteiger partial charge on any atom is -0.465 e. The largest absolute Gasteiger partial charge is 0.465 e. The fourth-order valence-corrected chi connectivity index (χ4v) is 9.11. The molecule has 12 nitrogen and oxygen atoms in total. The van der Waals surface area contributed by atoms with Gasteiger partial charge in [-0.3, -0.25) is 28.8 Å². The van der Waals surface area contributed by atoms with Crippen LogP contribution >= 0.6 is 44.8 Å². The third-order valence-electron chi connectivity index (χ3n) is 9.20. The molecule has 2 amide bonds. The van der Waals surface area contributed by atoms with E-state index >= 15 is 0 Å². The van der Waals surface area contributed by atoms with E-state index in [4.69, 9.17) is 44.1 Å². The minimum atomic E-state index is -1.74. The van der Waals surface area contributed by atoms with Gasteiger partial charge in [0.15, 0.2) is 23.4 Å². The number of ketones is 2. The highest BCUT2D eigenvalue weighted by molar-refractivity contribution is 8.76. The Hall–Kier alpha value is -6.06. The highest BCUT2D eigenvalue weighted by atomic mass is 35.5. The molecule has 6 aromatic rings. The fourth-order valence-electron chi connectivity index (χ4n) is 6.58. The molecule has 0 radical (unpaired) electrons. The van der Waals surface area contributed by atoms with Gasteiger partial charge in [0.1, 0.15) is 0 Å². The van der Waals surface area contributed by atoms with Crippen molar-refractivity contribution in [2.24, 2.45) is 11.5 Å². The lowest BCUT2D eigenvalue weighted by Crippen LogP contribution is -2.31. The maximum atomic E-state index is 14.7. The first-order valence-corrected chi connectivity index (χ1v) is 21.3. The number of esters is 2. The number of nitrogens with two attached hydrogens (primary N) is 2. The molecule has 6 N–H and O–H groups in total. The molecule has 6 rings (SSSR count). The molecule has 4 aromatic carbocycles. The number of aromatic nitrogens is 2. The van der Waals surface area contributed by atoms with Gasteiger partial charge in [-0.1, -0.05) is 108 Å². The van der Waals surface area contributed by atoms with E-state index in [1.807, 2.05) is 0 Å². The molecule has 2 aromatic heterocycles. The van der Waals surface area contributed by atoms with Gasteiger partial charge in [0.05, 0.1) is 45.8 Å². The van der Waals surface area contributed by atoms with Crippen LogP contribution in [0.4, 0.5) is 0 Å². The first-order valence-electron chi connectivity index (χ1n) is 18.4. The summed E-state index contributed by atoms with van der Waals surface area (Å²) in [5, 5.41) is 1.12. The Kier molecular flexibility index (Phi) is 14.0. The lowest BCUT2D eigenvalue weighted by molar-refractivity contribution is -0.149. The van der Waals surface area contributed by atoms with Crippen LogP contribution in [-0.2, 0) is 28.7 Å². The Morgan fingerprint density at radius 3 is 1.18 bits per heavy atom. The van der Waals surface area contributed by atoms with E-state index in [9.17, 15) is 28.8 Å². The van der Waals surface area contributed by atoms with E-state index in [1.165, 1.54) is 0 Å². The van der Waals surface area contributed by atoms with Crippen LogP contribution in [0.5, 0.6) is 0 Å². The number of amides is 2. The van der Waals surface area contributed by atoms with Crippen LogP contribution in [0.3, 0.4) is 0 Å². The number of carbonyl (C=O) groups is 6. The van der Waals surface area contributed by atoms with Crippen LogP contribution in [0.1, 0.15) is 68.7 Å². The van der Waals surface area contributed by atoms with Gasteiger partial charge in [0.2, 0.25) is 11.8 Å². The fraction of sp³-hybridized carbons (Fsp3) is 0.136. The zero-order valence-corrected chi connectivity index (χ0v) is 35.1. The Labute approximate surface area is 362 Å². The molecule has 0 saturated heterocycles. The van der Waals surface area contributed by atoms with Crippen molar-refractivity contribution in [1.82, 2.24) is 9.97 Å². The quantitative estimate of drug-likeness (QED) is 0.0298. The standard InChI is InChI=1S/C44H36Cl2N4O8S2/c1-3-57-43(55)33(39(47)53)29-31(37(51)25-11-7-5-8-12-25)41(49-35(29)23-15-19-27(45)20-16-23)59-60-42-32(38(52)26-13-9-6-10-14-26)30(34(40(48)54)44(56)58-4-2)36(50-42)24-17-21-28(46)22-18-24/h5-22,33-34,49-50H,3-4H2,1-2H3,(H2,47,53)(H2,48,54). The summed E-state index contributed by atoms with van der Waals surface area (Å²) in [6, 6.07) is 29.4. The van der Waals surface area contributed by atoms with E-state index in [0.29, 0.717) is 21.2 Å². The van der Waals surface area contributed by atoms with Gasteiger partial charge in [0, 0.05) is 32.3 Å². The SMILES string of the molecule is CCOC(=O)C(C(N)=O)c1c(-c2ccc(Cl)cc2)[nH]c(SSc2[nH]c(-c3ccc(Cl)cc3)c(C(C(N)=O)C(=O)OCC)c2C(=O)c2ccccc2)c1C(=O)c1ccccc1. The molecule has 0 aliphatic rings. The van der Waals surface area contributed by atoms with E-state index in [2.05, 4.69) is 9.97 Å². The molecule has 16 heteroatoms. The lowest BCUT2D eigenvalue weighted by atomic mass is 9.89. The van der Waals surface area contributed by atoms with Gasteiger partial charge in [-0.2, -0.15) is 0 Å². The number of benzene rings is 4. The van der Waals surface area contributed by atoms with Crippen molar-refractivity contribution in [1.29, 1.82) is 0 Å². The average Bonchev–Trinajstić information content (AvgIpc) is 3.79. The Bertz CT molecular complexity index is 2400. The summed E-state index contributed by atoms with van der Waals surface area (Å²) >= 11 is 12.5. The molecule has 0 saturated carbocycles. The molecule has 0 spiro atoms. The van der Waals surface area contributed by atoms with Crippen molar-refractivity contribution in [3.05, 3.63) is 153 Å². The summed E-state index contributed by atoms with van der Waals surface area (Å²) in [5.74, 6) is -8.68. The number of nitrogens with one attached hydrogen (secondary N) is 2. The van der Waals surface area contributed by atoms with Crippen molar-refractivity contribution in [3.8, 4) is 22.5 Å². The summed E-state index contributed by atoms with van der Waals surface area (Å²) in [6.45, 7) is 2.99. The molecule has 0 bridgehead atoms. The Morgan fingerprint density at radius 1 is 0.550 bits per heavy atom. The van der Waals surface area contributed by atoms with E-state index in [-0.39, 0.29) is 68.0 Å². The monoisotopic (exact) mass is 882 g/mol. The van der Waals surface area contributed by atoms with Crippen LogP contribution in [0, 0.1) is 0 Å². The van der Waals surface area contributed by atoms with Crippen LogP contribution < -0.4 is 11.5 Å². The minimum absolute atomic E-state index is 0.0362. The topological polar surface area (TPSA) is 204 Å². The molecule has 0 fully saturated rings. The summed E-state index contributed by atoms with van der Waals surface area (Å²) in [4.78, 5) is 89.6. The number of halogens is 2. The summed E-state index contributed by atoms with van der Waals surface area (Å²) in [5.41, 5.74) is 13.4. The number of carbonyl (C=O) groups excluding carboxylic acids is 6. The highest BCUT2D eigenvalue weighted by Gasteiger charge is 2.40. The van der Waals surface area contributed by atoms with Gasteiger partial charge in [0.25, 0.3) is 0 Å². The predicted octanol–water partition coefficient (Wildman–Crippen LogP) is 8.51. The molecule has 0 aliphatic heterocycles. The van der Waals surface area contributed by atoms with Gasteiger partial charge >= 0.3 is 11.9 Å². The van der Waals surface area contributed by atoms with Crippen LogP contribution in [0.2, 0.25) is 10.0 Å². The molecule has 2 atom stereocenters. The maximum absolute atomic E-state index is 14.7. The summed E-state index contributed by atoms with van der Waals surface area (Å²) in [6.07, 6.45) is 0. The number of hydrogen-bond acceptors (Lipinski definition) is 10. The van der Waals surface area contributed by atoms with Crippen molar-refractivity contribution in [2.75, 3.05) is 13.2 Å². The number of rotatable bonds is 17. The molecule has 0 aliphatic carbocycles. The van der Waals surface area contributed by atoms with E-state index in [0.717, 1.165) is 21.6 Å². The second-order valence-corrected chi connectivity index (χ2v) is 16.0. The highest BCUT2D eigenvalue weighted by Crippen LogP contribution is 2.49. The predicted molar refractivity (Wildman–Crippen MR) is 231 cm³/mol. The average molecular weight is 884 g/mol. The van der Waals surface area contributed by atoms with Crippen molar-refractivity contribution >= 4 is 80.1 Å². The Morgan fingerprint density at radius 2 is 0.883 bits per heavy atom. The van der Waals surface area contributed by atoms with Crippen molar-refractivity contribution in [2.45, 2.75) is 35.7 Å². The van der Waals surface area contributed by atoms with Gasteiger partial charge < -0.3 is 30.9 Å². The zero-order valence-electron chi connectivity index (χ0n) is 32.0. The molecule has 2 unspecified atom stereocenters. The molecule has 60 heavy (non-hydrogen) atoms. The third kappa shape index (κ3) is 9.21. The lowest BCUT2D eigenvalue weighted by Gasteiger charge is -2.16. The number of hydrogen-bond donors (Lipinski definition) is 4. The molecule has 2 heterocycles. The van der Waals surface area contributed by atoms with Gasteiger partial charge in [-0.25, -0.2) is 0 Å². The van der Waals surface area contributed by atoms with Gasteiger partial charge in [-0.05, 0) is 70.8 Å². The number of aromatic amines is 2. The maximum Gasteiger partial charge on any atom is 0.323 e. The van der Waals surface area contributed by atoms with Crippen molar-refractivity contribution < 1.29 is 38.2 Å². The molecule has 306 valence electrons. The molecular weight excluding hydrogens is 848 g/mol. The normalized spacial score (nSPS) is 12.0. The molecular formula is C44H36Cl2N4O8S2. The van der Waals surface area contributed by atoms with Gasteiger partial charge in [-0.15, -0.1) is 0 Å². The number of H-pyrrole nitrogens is 2. The smallest absolute Gasteiger partial charge is 0.323 e. The summed E-state index contributed by atoms with van der Waals surface area (Å²) < 4.78 is 10.6. The van der Waals surface area contributed by atoms with E-state index in [1.54, 1.807) is 123 Å². The summed E-state index contributed by atoms with van der Waals surface area (Å²) in [7, 11) is 1.94. The third-order valence-corrected chi connectivity index (χ3v) is 12.0. The van der Waals surface area contributed by atoms with Crippen LogP contribution in [0.25, 0.3) is 22.5 Å². The van der Waals surface area contributed by atoms with Crippen LogP contribution in [0.15, 0.2) is 119 Å². The second-order valence-electron chi connectivity index (χ2n) is 13.0. The second kappa shape index (κ2) is 19.3. The first kappa shape index (κ1) is 43.5. The first-order chi connectivity index (χ1) is 28.9. The zero-order chi connectivity index (χ0) is 43.1. The number of ether oxygens (including phenoxy) is 2. The van der Waals surface area contributed by atoms with Crippen molar-refractivity contribution in [3.63, 3.8) is 0 Å². The Balaban J connectivity index is 1.64. The van der Waals surface area contributed by atoms with E-state index < -0.39 is 47.2 Å². The van der Waals surface area contributed by atoms with Crippen LogP contribution in [-0.4, -0.2) is 58.5 Å².